The highest BCUT2D eigenvalue weighted by Crippen LogP contribution is 2.26. The zero-order valence-corrected chi connectivity index (χ0v) is 11.0. The second-order valence-electron chi connectivity index (χ2n) is 4.36. The van der Waals surface area contributed by atoms with Gasteiger partial charge < -0.3 is 4.90 Å². The van der Waals surface area contributed by atoms with E-state index in [0.29, 0.717) is 5.69 Å². The lowest BCUT2D eigenvalue weighted by atomic mass is 10.1. The summed E-state index contributed by atoms with van der Waals surface area (Å²) in [5, 5.41) is 11.0. The molecule has 5 heteroatoms. The molecular formula is C15H14N2O3. The molecule has 0 aliphatic heterocycles. The first-order valence-corrected chi connectivity index (χ1v) is 6.13. The third-order valence-electron chi connectivity index (χ3n) is 3.01. The molecule has 0 aliphatic carbocycles. The highest BCUT2D eigenvalue weighted by Gasteiger charge is 2.20. The number of nitro benzene ring substituents is 1. The first-order chi connectivity index (χ1) is 9.59. The summed E-state index contributed by atoms with van der Waals surface area (Å²) < 4.78 is 0. The average Bonchev–Trinajstić information content (AvgIpc) is 2.47. The number of hydrogen-bond donors (Lipinski definition) is 0. The Morgan fingerprint density at radius 3 is 2.35 bits per heavy atom. The highest BCUT2D eigenvalue weighted by atomic mass is 16.6. The predicted octanol–water partition coefficient (Wildman–Crippen LogP) is 2.80. The van der Waals surface area contributed by atoms with E-state index in [1.54, 1.807) is 25.2 Å². The fourth-order valence-electron chi connectivity index (χ4n) is 1.93. The summed E-state index contributed by atoms with van der Waals surface area (Å²) in [4.78, 5) is 24.0. The molecule has 0 unspecified atom stereocenters. The number of nitro groups is 1. The van der Waals surface area contributed by atoms with Gasteiger partial charge in [-0.25, -0.2) is 0 Å². The lowest BCUT2D eigenvalue weighted by molar-refractivity contribution is -0.384. The third kappa shape index (κ3) is 3.00. The molecule has 5 nitrogen and oxygen atoms in total. The molecule has 0 atom stereocenters. The van der Waals surface area contributed by atoms with Crippen molar-refractivity contribution in [2.24, 2.45) is 0 Å². The Morgan fingerprint density at radius 1 is 1.10 bits per heavy atom. The Labute approximate surface area is 116 Å². The van der Waals surface area contributed by atoms with Crippen molar-refractivity contribution in [2.75, 3.05) is 11.9 Å². The fourth-order valence-corrected chi connectivity index (χ4v) is 1.93. The quantitative estimate of drug-likeness (QED) is 0.634. The number of carbonyl (C=O) groups is 1. The number of carbonyl (C=O) groups excluding carboxylic acids is 1. The van der Waals surface area contributed by atoms with Crippen molar-refractivity contribution < 1.29 is 9.72 Å². The maximum Gasteiger partial charge on any atom is 0.292 e. The summed E-state index contributed by atoms with van der Waals surface area (Å²) >= 11 is 0. The SMILES string of the molecule is CN(C(=O)Cc1ccccc1)c1ccccc1[N+](=O)[O-]. The monoisotopic (exact) mass is 270 g/mol. The Balaban J connectivity index is 2.21. The number of likely N-dealkylation sites (N-methyl/N-ethyl adjacent to an activating group) is 1. The molecule has 0 fully saturated rings. The molecule has 2 rings (SSSR count). The van der Waals surface area contributed by atoms with Gasteiger partial charge in [0.1, 0.15) is 5.69 Å². The molecule has 0 heterocycles. The van der Waals surface area contributed by atoms with Gasteiger partial charge in [0, 0.05) is 13.1 Å². The number of para-hydroxylation sites is 2. The molecule has 0 spiro atoms. The first kappa shape index (κ1) is 13.7. The molecule has 2 aromatic rings. The molecule has 0 aliphatic rings. The van der Waals surface area contributed by atoms with Gasteiger partial charge in [-0.1, -0.05) is 42.5 Å². The van der Waals surface area contributed by atoms with Crippen molar-refractivity contribution in [2.45, 2.75) is 6.42 Å². The van der Waals surface area contributed by atoms with E-state index in [4.69, 9.17) is 0 Å². The summed E-state index contributed by atoms with van der Waals surface area (Å²) in [7, 11) is 1.55. The van der Waals surface area contributed by atoms with Crippen LogP contribution in [0.4, 0.5) is 11.4 Å². The second kappa shape index (κ2) is 5.97. The second-order valence-corrected chi connectivity index (χ2v) is 4.36. The topological polar surface area (TPSA) is 63.5 Å². The summed E-state index contributed by atoms with van der Waals surface area (Å²) in [6, 6.07) is 15.5. The van der Waals surface area contributed by atoms with Crippen LogP contribution in [-0.4, -0.2) is 17.9 Å². The smallest absolute Gasteiger partial charge is 0.292 e. The van der Waals surface area contributed by atoms with E-state index in [1.807, 2.05) is 30.3 Å². The van der Waals surface area contributed by atoms with Gasteiger partial charge >= 0.3 is 0 Å². The summed E-state index contributed by atoms with van der Waals surface area (Å²) in [6.45, 7) is 0. The normalized spacial score (nSPS) is 10.1. The van der Waals surface area contributed by atoms with Crippen LogP contribution < -0.4 is 4.90 Å². The Hall–Kier alpha value is -2.69. The molecule has 0 bridgehead atoms. The van der Waals surface area contributed by atoms with Crippen LogP contribution in [0, 0.1) is 10.1 Å². The number of nitrogens with zero attached hydrogens (tertiary/aromatic N) is 2. The molecule has 0 saturated carbocycles. The minimum Gasteiger partial charge on any atom is -0.309 e. The van der Waals surface area contributed by atoms with Gasteiger partial charge in [-0.3, -0.25) is 14.9 Å². The largest absolute Gasteiger partial charge is 0.309 e. The molecule has 2 aromatic carbocycles. The van der Waals surface area contributed by atoms with Gasteiger partial charge in [0.2, 0.25) is 5.91 Å². The lowest BCUT2D eigenvalue weighted by Gasteiger charge is -2.17. The van der Waals surface area contributed by atoms with E-state index in [-0.39, 0.29) is 18.0 Å². The van der Waals surface area contributed by atoms with Crippen molar-refractivity contribution in [3.63, 3.8) is 0 Å². The number of amides is 1. The Bertz CT molecular complexity index is 626. The number of benzene rings is 2. The summed E-state index contributed by atoms with van der Waals surface area (Å²) in [5.74, 6) is -0.189. The van der Waals surface area contributed by atoms with Crippen LogP contribution >= 0.6 is 0 Å². The fraction of sp³-hybridized carbons (Fsp3) is 0.133. The zero-order valence-electron chi connectivity index (χ0n) is 11.0. The predicted molar refractivity (Wildman–Crippen MR) is 76.7 cm³/mol. The lowest BCUT2D eigenvalue weighted by Crippen LogP contribution is -2.28. The highest BCUT2D eigenvalue weighted by molar-refractivity contribution is 5.96. The van der Waals surface area contributed by atoms with Crippen LogP contribution in [0.1, 0.15) is 5.56 Å². The Morgan fingerprint density at radius 2 is 1.70 bits per heavy atom. The van der Waals surface area contributed by atoms with E-state index in [2.05, 4.69) is 0 Å². The Kier molecular flexibility index (Phi) is 4.10. The van der Waals surface area contributed by atoms with Gasteiger partial charge in [-0.05, 0) is 11.6 Å². The van der Waals surface area contributed by atoms with Gasteiger partial charge in [-0.15, -0.1) is 0 Å². The van der Waals surface area contributed by atoms with Crippen molar-refractivity contribution in [1.82, 2.24) is 0 Å². The van der Waals surface area contributed by atoms with E-state index in [9.17, 15) is 14.9 Å². The maximum absolute atomic E-state index is 12.2. The van der Waals surface area contributed by atoms with Crippen molar-refractivity contribution >= 4 is 17.3 Å². The third-order valence-corrected chi connectivity index (χ3v) is 3.01. The molecule has 20 heavy (non-hydrogen) atoms. The van der Waals surface area contributed by atoms with Crippen LogP contribution in [0.2, 0.25) is 0 Å². The molecule has 0 saturated heterocycles. The van der Waals surface area contributed by atoms with Crippen LogP contribution in [0.5, 0.6) is 0 Å². The van der Waals surface area contributed by atoms with Crippen molar-refractivity contribution in [3.05, 3.63) is 70.3 Å². The maximum atomic E-state index is 12.2. The van der Waals surface area contributed by atoms with E-state index in [0.717, 1.165) is 5.56 Å². The van der Waals surface area contributed by atoms with Gasteiger partial charge in [0.25, 0.3) is 5.69 Å². The molecular weight excluding hydrogens is 256 g/mol. The number of hydrogen-bond acceptors (Lipinski definition) is 3. The summed E-state index contributed by atoms with van der Waals surface area (Å²) in [5.41, 5.74) is 1.11. The molecule has 1 amide bonds. The van der Waals surface area contributed by atoms with E-state index < -0.39 is 4.92 Å². The summed E-state index contributed by atoms with van der Waals surface area (Å²) in [6.07, 6.45) is 0.212. The average molecular weight is 270 g/mol. The van der Waals surface area contributed by atoms with E-state index in [1.165, 1.54) is 11.0 Å². The van der Waals surface area contributed by atoms with Crippen LogP contribution in [0.25, 0.3) is 0 Å². The molecule has 0 N–H and O–H groups in total. The minimum atomic E-state index is -0.484. The first-order valence-electron chi connectivity index (χ1n) is 6.13. The van der Waals surface area contributed by atoms with Gasteiger partial charge in [0.05, 0.1) is 11.3 Å². The van der Waals surface area contributed by atoms with E-state index >= 15 is 0 Å². The van der Waals surface area contributed by atoms with Gasteiger partial charge in [0.15, 0.2) is 0 Å². The van der Waals surface area contributed by atoms with Crippen LogP contribution in [0.15, 0.2) is 54.6 Å². The van der Waals surface area contributed by atoms with Crippen molar-refractivity contribution in [3.8, 4) is 0 Å². The standard InChI is InChI=1S/C15H14N2O3/c1-16(13-9-5-6-10-14(13)17(19)20)15(18)11-12-7-3-2-4-8-12/h2-10H,11H2,1H3. The molecule has 102 valence electrons. The van der Waals surface area contributed by atoms with Crippen LogP contribution in [-0.2, 0) is 11.2 Å². The minimum absolute atomic E-state index is 0.0728. The number of rotatable bonds is 4. The van der Waals surface area contributed by atoms with Crippen molar-refractivity contribution in [1.29, 1.82) is 0 Å². The van der Waals surface area contributed by atoms with Gasteiger partial charge in [-0.2, -0.15) is 0 Å². The number of anilines is 1. The van der Waals surface area contributed by atoms with Crippen LogP contribution in [0.3, 0.4) is 0 Å². The zero-order chi connectivity index (χ0) is 14.5. The molecule has 0 radical (unpaired) electrons. The molecule has 0 aromatic heterocycles.